The summed E-state index contributed by atoms with van der Waals surface area (Å²) in [6.07, 6.45) is 3.19. The molecule has 1 aliphatic carbocycles. The normalized spacial score (nSPS) is 17.4. The molecule has 20 heavy (non-hydrogen) atoms. The van der Waals surface area contributed by atoms with E-state index in [9.17, 15) is 0 Å². The summed E-state index contributed by atoms with van der Waals surface area (Å²) in [5.74, 6) is 0. The van der Waals surface area contributed by atoms with E-state index in [1.54, 1.807) is 17.4 Å². The molecule has 0 aliphatic heterocycles. The molecule has 3 rings (SSSR count). The third-order valence-electron chi connectivity index (χ3n) is 3.65. The van der Waals surface area contributed by atoms with E-state index in [2.05, 4.69) is 11.4 Å². The molecular weight excluding hydrogens is 333 g/mol. The van der Waals surface area contributed by atoms with E-state index in [0.29, 0.717) is 11.1 Å². The molecule has 0 saturated carbocycles. The fraction of sp³-hybridized carbons (Fsp3) is 0.333. The maximum absolute atomic E-state index is 6.18. The summed E-state index contributed by atoms with van der Waals surface area (Å²) in [5, 5.41) is 5.02. The number of hydrogen-bond donors (Lipinski definition) is 1. The van der Waals surface area contributed by atoms with E-state index < -0.39 is 0 Å². The monoisotopic (exact) mass is 345 g/mol. The number of aryl methyl sites for hydroxylation is 1. The summed E-state index contributed by atoms with van der Waals surface area (Å²) in [4.78, 5) is 1.43. The molecule has 1 N–H and O–H groups in total. The van der Waals surface area contributed by atoms with Crippen molar-refractivity contribution in [3.05, 3.63) is 54.7 Å². The van der Waals surface area contributed by atoms with Gasteiger partial charge in [-0.3, -0.25) is 0 Å². The van der Waals surface area contributed by atoms with Crippen molar-refractivity contribution in [1.29, 1.82) is 0 Å². The average molecular weight is 347 g/mol. The minimum absolute atomic E-state index is 0.430. The van der Waals surface area contributed by atoms with Crippen molar-refractivity contribution in [3.63, 3.8) is 0 Å². The van der Waals surface area contributed by atoms with E-state index in [1.807, 2.05) is 12.1 Å². The summed E-state index contributed by atoms with van der Waals surface area (Å²) >= 11 is 19.9. The van der Waals surface area contributed by atoms with E-state index in [0.717, 1.165) is 40.7 Å². The Kier molecular flexibility index (Phi) is 4.58. The Bertz CT molecular complexity index is 624. The summed E-state index contributed by atoms with van der Waals surface area (Å²) in [6.45, 7) is 0.902. The number of fused-ring (bicyclic) bond motifs is 1. The molecule has 1 unspecified atom stereocenters. The fourth-order valence-corrected chi connectivity index (χ4v) is 4.51. The topological polar surface area (TPSA) is 12.0 Å². The molecule has 1 nitrogen and oxygen atoms in total. The maximum Gasteiger partial charge on any atom is 0.0934 e. The Hall–Kier alpha value is -0.250. The number of hydrogen-bond acceptors (Lipinski definition) is 2. The van der Waals surface area contributed by atoms with Crippen LogP contribution in [0, 0.1) is 0 Å². The lowest BCUT2D eigenvalue weighted by atomic mass is 10.1. The van der Waals surface area contributed by atoms with Gasteiger partial charge in [-0.1, -0.05) is 40.9 Å². The zero-order chi connectivity index (χ0) is 14.1. The van der Waals surface area contributed by atoms with Crippen LogP contribution in [-0.4, -0.2) is 6.54 Å². The van der Waals surface area contributed by atoms with Gasteiger partial charge in [0.2, 0.25) is 0 Å². The number of thiophene rings is 1. The van der Waals surface area contributed by atoms with Crippen LogP contribution < -0.4 is 5.32 Å². The predicted octanol–water partition coefficient (Wildman–Crippen LogP) is 5.53. The van der Waals surface area contributed by atoms with Gasteiger partial charge in [-0.15, -0.1) is 11.3 Å². The van der Waals surface area contributed by atoms with Crippen LogP contribution in [0.15, 0.2) is 24.3 Å². The van der Waals surface area contributed by atoms with Crippen molar-refractivity contribution in [2.24, 2.45) is 0 Å². The molecule has 1 atom stereocenters. The average Bonchev–Trinajstić information content (AvgIpc) is 2.92. The van der Waals surface area contributed by atoms with Crippen LogP contribution >= 0.6 is 46.1 Å². The quantitative estimate of drug-likeness (QED) is 0.767. The van der Waals surface area contributed by atoms with Gasteiger partial charge in [-0.25, -0.2) is 0 Å². The molecule has 0 bridgehead atoms. The fourth-order valence-electron chi connectivity index (χ4n) is 2.65. The molecule has 1 aromatic carbocycles. The van der Waals surface area contributed by atoms with Gasteiger partial charge >= 0.3 is 0 Å². The van der Waals surface area contributed by atoms with Gasteiger partial charge in [0.15, 0.2) is 0 Å². The summed E-state index contributed by atoms with van der Waals surface area (Å²) < 4.78 is 0.891. The third kappa shape index (κ3) is 3.15. The largest absolute Gasteiger partial charge is 0.310 e. The number of rotatable bonds is 4. The minimum atomic E-state index is 0.430. The van der Waals surface area contributed by atoms with E-state index in [-0.39, 0.29) is 0 Å². The first-order chi connectivity index (χ1) is 9.63. The van der Waals surface area contributed by atoms with Gasteiger partial charge in [0.05, 0.1) is 4.34 Å². The van der Waals surface area contributed by atoms with Gasteiger partial charge in [0, 0.05) is 21.0 Å². The Balaban J connectivity index is 1.58. The molecular formula is C15H14Cl3NS. The van der Waals surface area contributed by atoms with Crippen molar-refractivity contribution in [1.82, 2.24) is 5.32 Å². The number of halogens is 3. The van der Waals surface area contributed by atoms with Crippen LogP contribution in [0.5, 0.6) is 0 Å². The van der Waals surface area contributed by atoms with Gasteiger partial charge in [-0.05, 0) is 55.1 Å². The van der Waals surface area contributed by atoms with E-state index in [4.69, 9.17) is 34.8 Å². The summed E-state index contributed by atoms with van der Waals surface area (Å²) in [6, 6.07) is 8.20. The molecule has 0 amide bonds. The van der Waals surface area contributed by atoms with Gasteiger partial charge in [0.25, 0.3) is 0 Å². The highest BCUT2D eigenvalue weighted by atomic mass is 35.5. The van der Waals surface area contributed by atoms with Crippen molar-refractivity contribution in [2.75, 3.05) is 6.54 Å². The second-order valence-electron chi connectivity index (χ2n) is 4.96. The highest BCUT2D eigenvalue weighted by Gasteiger charge is 2.24. The van der Waals surface area contributed by atoms with Crippen molar-refractivity contribution in [3.8, 4) is 0 Å². The lowest BCUT2D eigenvalue weighted by Crippen LogP contribution is -2.21. The standard InChI is InChI=1S/C15H14Cl3NS/c16-10-2-1-9(12(17)7-10)5-6-19-13-3-4-14-11(13)8-15(18)20-14/h1-2,7-8,13,19H,3-6H2. The molecule has 1 heterocycles. The Morgan fingerprint density at radius 3 is 2.85 bits per heavy atom. The number of nitrogens with one attached hydrogen (secondary N) is 1. The first kappa shape index (κ1) is 14.7. The van der Waals surface area contributed by atoms with E-state index >= 15 is 0 Å². The smallest absolute Gasteiger partial charge is 0.0934 e. The Labute approximate surface area is 137 Å². The maximum atomic E-state index is 6.18. The second kappa shape index (κ2) is 6.25. The Morgan fingerprint density at radius 1 is 1.20 bits per heavy atom. The van der Waals surface area contributed by atoms with Crippen molar-refractivity contribution in [2.45, 2.75) is 25.3 Å². The minimum Gasteiger partial charge on any atom is -0.310 e. The first-order valence-corrected chi connectivity index (χ1v) is 8.54. The lowest BCUT2D eigenvalue weighted by molar-refractivity contribution is 0.534. The van der Waals surface area contributed by atoms with Crippen molar-refractivity contribution < 1.29 is 0 Å². The zero-order valence-corrected chi connectivity index (χ0v) is 13.8. The molecule has 1 aromatic heterocycles. The summed E-state index contributed by atoms with van der Waals surface area (Å²) in [5.41, 5.74) is 2.51. The second-order valence-corrected chi connectivity index (χ2v) is 7.57. The molecule has 106 valence electrons. The Morgan fingerprint density at radius 2 is 2.05 bits per heavy atom. The molecule has 0 spiro atoms. The molecule has 1 aliphatic rings. The van der Waals surface area contributed by atoms with E-state index in [1.165, 1.54) is 10.4 Å². The van der Waals surface area contributed by atoms with Gasteiger partial charge < -0.3 is 5.32 Å². The van der Waals surface area contributed by atoms with Crippen LogP contribution in [0.2, 0.25) is 14.4 Å². The molecule has 0 fully saturated rings. The van der Waals surface area contributed by atoms with Crippen LogP contribution in [0.1, 0.15) is 28.5 Å². The molecule has 0 saturated heterocycles. The SMILES string of the molecule is Clc1ccc(CCNC2CCc3sc(Cl)cc32)c(Cl)c1. The first-order valence-electron chi connectivity index (χ1n) is 6.59. The molecule has 0 radical (unpaired) electrons. The molecule has 5 heteroatoms. The van der Waals surface area contributed by atoms with Crippen LogP contribution in [0.3, 0.4) is 0 Å². The molecule has 2 aromatic rings. The number of benzene rings is 1. The van der Waals surface area contributed by atoms with Gasteiger partial charge in [0.1, 0.15) is 0 Å². The zero-order valence-electron chi connectivity index (χ0n) is 10.8. The van der Waals surface area contributed by atoms with Gasteiger partial charge in [-0.2, -0.15) is 0 Å². The van der Waals surface area contributed by atoms with Crippen LogP contribution in [0.4, 0.5) is 0 Å². The summed E-state index contributed by atoms with van der Waals surface area (Å²) in [7, 11) is 0. The lowest BCUT2D eigenvalue weighted by Gasteiger charge is -2.13. The van der Waals surface area contributed by atoms with Crippen LogP contribution in [0.25, 0.3) is 0 Å². The van der Waals surface area contributed by atoms with Crippen molar-refractivity contribution >= 4 is 46.1 Å². The third-order valence-corrected chi connectivity index (χ3v) is 5.57. The predicted molar refractivity (Wildman–Crippen MR) is 88.6 cm³/mol. The highest BCUT2D eigenvalue weighted by Crippen LogP contribution is 2.39. The van der Waals surface area contributed by atoms with Crippen LogP contribution in [-0.2, 0) is 12.8 Å². The highest BCUT2D eigenvalue weighted by molar-refractivity contribution is 7.16.